The zero-order valence-corrected chi connectivity index (χ0v) is 21.8. The minimum absolute atomic E-state index is 0.143. The number of rotatable bonds is 7. The number of thiocarbonyl (C=S) groups is 1. The Morgan fingerprint density at radius 3 is 1.92 bits per heavy atom. The molecule has 1 fully saturated rings. The van der Waals surface area contributed by atoms with Gasteiger partial charge in [-0.2, -0.15) is 10.2 Å². The van der Waals surface area contributed by atoms with Crippen LogP contribution in [0.4, 0.5) is 28.4 Å². The van der Waals surface area contributed by atoms with Crippen LogP contribution < -0.4 is 15.5 Å². The summed E-state index contributed by atoms with van der Waals surface area (Å²) in [5, 5.41) is 14.7. The molecular weight excluding hydrogens is 514 g/mol. The van der Waals surface area contributed by atoms with Crippen LogP contribution in [0.3, 0.4) is 0 Å². The van der Waals surface area contributed by atoms with Crippen LogP contribution in [-0.4, -0.2) is 22.2 Å². The summed E-state index contributed by atoms with van der Waals surface area (Å²) in [6.45, 7) is 0. The number of nitrogens with zero attached hydrogens (tertiary/aromatic N) is 3. The van der Waals surface area contributed by atoms with Crippen LogP contribution in [-0.2, 0) is 9.59 Å². The number of carbonyl (C=O) groups is 2. The third kappa shape index (κ3) is 6.31. The largest absolute Gasteiger partial charge is 0.332 e. The number of hydrogen-bond acceptors (Lipinski definition) is 6. The van der Waals surface area contributed by atoms with Crippen molar-refractivity contribution in [3.05, 3.63) is 109 Å². The Balaban J connectivity index is 1.18. The smallest absolute Gasteiger partial charge is 0.247 e. The Hall–Kier alpha value is -4.34. The second-order valence-electron chi connectivity index (χ2n) is 8.40. The molecule has 0 bridgehead atoms. The van der Waals surface area contributed by atoms with Crippen molar-refractivity contribution in [2.24, 2.45) is 10.2 Å². The van der Waals surface area contributed by atoms with E-state index in [4.69, 9.17) is 12.2 Å². The lowest BCUT2D eigenvalue weighted by atomic mass is 10.2. The van der Waals surface area contributed by atoms with Gasteiger partial charge in [0, 0.05) is 22.7 Å². The fourth-order valence-electron chi connectivity index (χ4n) is 3.84. The number of carbonyl (C=O) groups excluding carboxylic acids is 2. The molecule has 2 N–H and O–H groups in total. The van der Waals surface area contributed by atoms with E-state index in [9.17, 15) is 9.59 Å². The van der Waals surface area contributed by atoms with Crippen molar-refractivity contribution in [2.45, 2.75) is 16.6 Å². The van der Waals surface area contributed by atoms with Crippen molar-refractivity contribution < 1.29 is 9.59 Å². The first-order valence-corrected chi connectivity index (χ1v) is 13.2. The molecule has 0 saturated carbocycles. The molecule has 0 aliphatic carbocycles. The molecule has 1 unspecified atom stereocenters. The number of thioether (sulfide) groups is 1. The summed E-state index contributed by atoms with van der Waals surface area (Å²) in [4.78, 5) is 28.0. The first kappa shape index (κ1) is 25.3. The number of hydrogen-bond donors (Lipinski definition) is 2. The van der Waals surface area contributed by atoms with E-state index < -0.39 is 5.25 Å². The van der Waals surface area contributed by atoms with Gasteiger partial charge >= 0.3 is 0 Å². The first-order chi connectivity index (χ1) is 18.5. The molecule has 2 amide bonds. The number of imide groups is 1. The van der Waals surface area contributed by atoms with Gasteiger partial charge in [0.2, 0.25) is 11.8 Å². The molecule has 1 heterocycles. The maximum Gasteiger partial charge on any atom is 0.247 e. The lowest BCUT2D eigenvalue weighted by molar-refractivity contribution is -0.121. The standard InChI is InChI=1S/C29H23N5O2S2/c35-27-19-26(38-25-17-13-21(14-18-25)31-29(37)30-20-7-3-1-4-8-20)28(36)34(27)24-15-11-23(12-16-24)33-32-22-9-5-2-6-10-22/h1-18,26H,19H2,(H2,30,31,37). The van der Waals surface area contributed by atoms with Crippen LogP contribution in [0.15, 0.2) is 124 Å². The van der Waals surface area contributed by atoms with Gasteiger partial charge in [-0.1, -0.05) is 36.4 Å². The first-order valence-electron chi connectivity index (χ1n) is 11.9. The third-order valence-electron chi connectivity index (χ3n) is 5.67. The number of para-hydroxylation sites is 1. The van der Waals surface area contributed by atoms with Crippen LogP contribution in [0, 0.1) is 0 Å². The average Bonchev–Trinajstić information content (AvgIpc) is 3.22. The Morgan fingerprint density at radius 1 is 0.737 bits per heavy atom. The van der Waals surface area contributed by atoms with Crippen molar-refractivity contribution in [1.82, 2.24) is 0 Å². The van der Waals surface area contributed by atoms with E-state index in [0.717, 1.165) is 22.0 Å². The fraction of sp³-hybridized carbons (Fsp3) is 0.0690. The highest BCUT2D eigenvalue weighted by Crippen LogP contribution is 2.35. The molecule has 1 aliphatic heterocycles. The zero-order chi connectivity index (χ0) is 26.3. The number of nitrogens with one attached hydrogen (secondary N) is 2. The van der Waals surface area contributed by atoms with Crippen molar-refractivity contribution >= 4 is 69.3 Å². The maximum atomic E-state index is 13.1. The van der Waals surface area contributed by atoms with Gasteiger partial charge in [-0.25, -0.2) is 4.90 Å². The molecule has 0 radical (unpaired) electrons. The minimum atomic E-state index is -0.487. The summed E-state index contributed by atoms with van der Waals surface area (Å²) < 4.78 is 0. The molecule has 1 saturated heterocycles. The summed E-state index contributed by atoms with van der Waals surface area (Å²) in [7, 11) is 0. The maximum absolute atomic E-state index is 13.1. The third-order valence-corrected chi connectivity index (χ3v) is 7.07. The second kappa shape index (κ2) is 11.8. The summed E-state index contributed by atoms with van der Waals surface area (Å²) in [6, 6.07) is 33.6. The Bertz CT molecular complexity index is 1460. The van der Waals surface area contributed by atoms with Gasteiger partial charge < -0.3 is 10.6 Å². The summed E-state index contributed by atoms with van der Waals surface area (Å²) >= 11 is 6.75. The second-order valence-corrected chi connectivity index (χ2v) is 10.1. The highest BCUT2D eigenvalue weighted by molar-refractivity contribution is 8.00. The molecule has 188 valence electrons. The van der Waals surface area contributed by atoms with E-state index in [1.54, 1.807) is 24.3 Å². The van der Waals surface area contributed by atoms with E-state index in [0.29, 0.717) is 16.5 Å². The molecule has 38 heavy (non-hydrogen) atoms. The Morgan fingerprint density at radius 2 is 1.29 bits per heavy atom. The number of azo groups is 1. The fourth-order valence-corrected chi connectivity index (χ4v) is 5.13. The highest BCUT2D eigenvalue weighted by Gasteiger charge is 2.40. The molecule has 5 rings (SSSR count). The van der Waals surface area contributed by atoms with E-state index >= 15 is 0 Å². The molecule has 0 aromatic heterocycles. The van der Waals surface area contributed by atoms with Crippen LogP contribution in [0.5, 0.6) is 0 Å². The summed E-state index contributed by atoms with van der Waals surface area (Å²) in [6.07, 6.45) is 0.143. The van der Waals surface area contributed by atoms with Crippen LogP contribution in [0.2, 0.25) is 0 Å². The van der Waals surface area contributed by atoms with E-state index in [-0.39, 0.29) is 18.2 Å². The van der Waals surface area contributed by atoms with Crippen molar-refractivity contribution in [3.63, 3.8) is 0 Å². The number of benzene rings is 4. The normalized spacial score (nSPS) is 15.2. The predicted octanol–water partition coefficient (Wildman–Crippen LogP) is 7.34. The molecule has 1 aliphatic rings. The number of anilines is 3. The molecule has 4 aromatic rings. The van der Waals surface area contributed by atoms with Gasteiger partial charge in [0.15, 0.2) is 5.11 Å². The summed E-state index contributed by atoms with van der Waals surface area (Å²) in [5.74, 6) is -0.448. The van der Waals surface area contributed by atoms with Gasteiger partial charge in [0.25, 0.3) is 0 Å². The van der Waals surface area contributed by atoms with Crippen molar-refractivity contribution in [1.29, 1.82) is 0 Å². The van der Waals surface area contributed by atoms with Gasteiger partial charge in [0.05, 0.1) is 22.3 Å². The SMILES string of the molecule is O=C1CC(Sc2ccc(NC(=S)Nc3ccccc3)cc2)C(=O)N1c1ccc(N=Nc2ccccc2)cc1. The lowest BCUT2D eigenvalue weighted by Gasteiger charge is -2.15. The Kier molecular flexibility index (Phi) is 7.86. The molecule has 1 atom stereocenters. The van der Waals surface area contributed by atoms with Gasteiger partial charge in [-0.05, 0) is 85.0 Å². The summed E-state index contributed by atoms with van der Waals surface area (Å²) in [5.41, 5.74) is 3.63. The van der Waals surface area contributed by atoms with E-state index in [1.807, 2.05) is 84.9 Å². The van der Waals surface area contributed by atoms with E-state index in [1.165, 1.54) is 16.7 Å². The topological polar surface area (TPSA) is 86.2 Å². The molecular formula is C29H23N5O2S2. The number of amides is 2. The van der Waals surface area contributed by atoms with Crippen molar-refractivity contribution in [2.75, 3.05) is 15.5 Å². The minimum Gasteiger partial charge on any atom is -0.332 e. The van der Waals surface area contributed by atoms with Crippen molar-refractivity contribution in [3.8, 4) is 0 Å². The van der Waals surface area contributed by atoms with Gasteiger partial charge in [0.1, 0.15) is 0 Å². The van der Waals surface area contributed by atoms with Gasteiger partial charge in [-0.15, -0.1) is 11.8 Å². The quantitative estimate of drug-likeness (QED) is 0.146. The predicted molar refractivity (Wildman–Crippen MR) is 157 cm³/mol. The van der Waals surface area contributed by atoms with Crippen LogP contribution >= 0.6 is 24.0 Å². The zero-order valence-electron chi connectivity index (χ0n) is 20.2. The Labute approximate surface area is 230 Å². The van der Waals surface area contributed by atoms with Crippen LogP contribution in [0.1, 0.15) is 6.42 Å². The molecule has 9 heteroatoms. The van der Waals surface area contributed by atoms with E-state index in [2.05, 4.69) is 20.9 Å². The molecule has 4 aromatic carbocycles. The molecule has 0 spiro atoms. The highest BCUT2D eigenvalue weighted by atomic mass is 32.2. The lowest BCUT2D eigenvalue weighted by Crippen LogP contribution is -2.30. The monoisotopic (exact) mass is 537 g/mol. The van der Waals surface area contributed by atoms with Crippen LogP contribution in [0.25, 0.3) is 0 Å². The molecule has 7 nitrogen and oxygen atoms in total. The average molecular weight is 538 g/mol. The van der Waals surface area contributed by atoms with Gasteiger partial charge in [-0.3, -0.25) is 9.59 Å².